The summed E-state index contributed by atoms with van der Waals surface area (Å²) in [5.74, 6) is 0. The summed E-state index contributed by atoms with van der Waals surface area (Å²) < 4.78 is 5.09. The summed E-state index contributed by atoms with van der Waals surface area (Å²) >= 11 is 0. The lowest BCUT2D eigenvalue weighted by Gasteiger charge is -2.11. The highest BCUT2D eigenvalue weighted by atomic mass is 16.5. The Labute approximate surface area is 92.6 Å². The van der Waals surface area contributed by atoms with Crippen LogP contribution in [0.3, 0.4) is 0 Å². The third-order valence-electron chi connectivity index (χ3n) is 2.16. The minimum absolute atomic E-state index is 0.292. The van der Waals surface area contributed by atoms with Gasteiger partial charge >= 0.3 is 0 Å². The average Bonchev–Trinajstić information content (AvgIpc) is 2.25. The molecule has 0 rings (SSSR count). The van der Waals surface area contributed by atoms with Crippen molar-refractivity contribution in [1.29, 1.82) is 0 Å². The Hall–Kier alpha value is -0.160. The van der Waals surface area contributed by atoms with E-state index in [0.717, 1.165) is 32.2 Å². The summed E-state index contributed by atoms with van der Waals surface area (Å²) in [6.45, 7) is 4.79. The molecule has 0 aliphatic carbocycles. The van der Waals surface area contributed by atoms with Gasteiger partial charge in [0.15, 0.2) is 0 Å². The van der Waals surface area contributed by atoms with Crippen LogP contribution in [0.1, 0.15) is 32.6 Å². The smallest absolute Gasteiger partial charge is 0.0897 e. The molecule has 4 heteroatoms. The second-order valence-corrected chi connectivity index (χ2v) is 3.66. The van der Waals surface area contributed by atoms with E-state index < -0.39 is 6.10 Å². The molecule has 0 spiro atoms. The van der Waals surface area contributed by atoms with Gasteiger partial charge in [0.25, 0.3) is 0 Å². The zero-order valence-electron chi connectivity index (χ0n) is 9.74. The number of nitrogens with one attached hydrogen (secondary N) is 1. The van der Waals surface area contributed by atoms with Gasteiger partial charge in [-0.2, -0.15) is 0 Å². The van der Waals surface area contributed by atoms with Crippen molar-refractivity contribution in [3.8, 4) is 0 Å². The minimum Gasteiger partial charge on any atom is -0.396 e. The van der Waals surface area contributed by atoms with Crippen LogP contribution in [0, 0.1) is 0 Å². The first-order valence-electron chi connectivity index (χ1n) is 5.88. The lowest BCUT2D eigenvalue weighted by molar-refractivity contribution is 0.0429. The van der Waals surface area contributed by atoms with Crippen LogP contribution in [0.5, 0.6) is 0 Å². The third-order valence-corrected chi connectivity index (χ3v) is 2.16. The van der Waals surface area contributed by atoms with Crippen LogP contribution >= 0.6 is 0 Å². The van der Waals surface area contributed by atoms with Gasteiger partial charge in [-0.3, -0.25) is 0 Å². The number of ether oxygens (including phenoxy) is 1. The first-order valence-corrected chi connectivity index (χ1v) is 5.88. The molecule has 0 aromatic heterocycles. The molecule has 0 saturated carbocycles. The summed E-state index contributed by atoms with van der Waals surface area (Å²) in [6.07, 6.45) is 3.81. The van der Waals surface area contributed by atoms with Crippen molar-refractivity contribution in [2.75, 3.05) is 32.9 Å². The molecular formula is C11H25NO3. The summed E-state index contributed by atoms with van der Waals surface area (Å²) in [5.41, 5.74) is 0. The van der Waals surface area contributed by atoms with Crippen molar-refractivity contribution in [1.82, 2.24) is 5.32 Å². The number of hydrogen-bond donors (Lipinski definition) is 3. The normalized spacial score (nSPS) is 13.0. The second-order valence-electron chi connectivity index (χ2n) is 3.66. The number of aliphatic hydroxyl groups excluding tert-OH is 2. The fourth-order valence-electron chi connectivity index (χ4n) is 1.30. The lowest BCUT2D eigenvalue weighted by Crippen LogP contribution is -2.31. The van der Waals surface area contributed by atoms with Crippen molar-refractivity contribution in [2.24, 2.45) is 0 Å². The Morgan fingerprint density at radius 1 is 1.20 bits per heavy atom. The number of aliphatic hydroxyl groups is 2. The quantitative estimate of drug-likeness (QED) is 0.444. The molecule has 0 aromatic rings. The van der Waals surface area contributed by atoms with E-state index in [9.17, 15) is 5.11 Å². The first kappa shape index (κ1) is 14.8. The van der Waals surface area contributed by atoms with Crippen LogP contribution in [0.15, 0.2) is 0 Å². The van der Waals surface area contributed by atoms with Crippen molar-refractivity contribution in [3.05, 3.63) is 0 Å². The molecule has 0 aliphatic heterocycles. The zero-order chi connectivity index (χ0) is 11.4. The third kappa shape index (κ3) is 11.8. The average molecular weight is 219 g/mol. The largest absolute Gasteiger partial charge is 0.396 e. The van der Waals surface area contributed by atoms with Gasteiger partial charge in [-0.1, -0.05) is 12.8 Å². The molecule has 0 aliphatic rings. The van der Waals surface area contributed by atoms with Gasteiger partial charge in [0, 0.05) is 19.8 Å². The van der Waals surface area contributed by atoms with Gasteiger partial charge in [0.05, 0.1) is 12.7 Å². The highest BCUT2D eigenvalue weighted by molar-refractivity contribution is 4.58. The Bertz CT molecular complexity index is 122. The summed E-state index contributed by atoms with van der Waals surface area (Å²) in [6, 6.07) is 0. The highest BCUT2D eigenvalue weighted by Gasteiger charge is 2.01. The molecule has 0 fully saturated rings. The Kier molecular flexibility index (Phi) is 11.8. The maximum Gasteiger partial charge on any atom is 0.0897 e. The minimum atomic E-state index is -0.401. The standard InChI is InChI=1S/C11H25NO3/c1-2-15-10-11(14)9-12-7-5-3-4-6-8-13/h11-14H,2-10H2,1H3. The number of hydrogen-bond acceptors (Lipinski definition) is 4. The van der Waals surface area contributed by atoms with E-state index in [2.05, 4.69) is 5.32 Å². The molecule has 0 saturated heterocycles. The molecule has 15 heavy (non-hydrogen) atoms. The Morgan fingerprint density at radius 3 is 2.60 bits per heavy atom. The van der Waals surface area contributed by atoms with Crippen LogP contribution in [-0.4, -0.2) is 49.2 Å². The summed E-state index contributed by atoms with van der Waals surface area (Å²) in [7, 11) is 0. The van der Waals surface area contributed by atoms with E-state index in [1.807, 2.05) is 6.92 Å². The van der Waals surface area contributed by atoms with Gasteiger partial charge in [-0.05, 0) is 26.3 Å². The molecule has 4 nitrogen and oxygen atoms in total. The predicted octanol–water partition coefficient (Wildman–Crippen LogP) is 0.526. The van der Waals surface area contributed by atoms with Crippen molar-refractivity contribution >= 4 is 0 Å². The topological polar surface area (TPSA) is 61.7 Å². The number of unbranched alkanes of at least 4 members (excludes halogenated alkanes) is 3. The molecule has 0 heterocycles. The maximum atomic E-state index is 9.40. The van der Waals surface area contributed by atoms with Crippen LogP contribution in [0.4, 0.5) is 0 Å². The fraction of sp³-hybridized carbons (Fsp3) is 1.00. The van der Waals surface area contributed by atoms with E-state index in [1.54, 1.807) is 0 Å². The molecule has 3 N–H and O–H groups in total. The van der Waals surface area contributed by atoms with Gasteiger partial charge in [0.1, 0.15) is 0 Å². The van der Waals surface area contributed by atoms with E-state index >= 15 is 0 Å². The number of rotatable bonds is 11. The molecule has 92 valence electrons. The second kappa shape index (κ2) is 11.9. The van der Waals surface area contributed by atoms with Gasteiger partial charge in [-0.25, -0.2) is 0 Å². The molecule has 0 bridgehead atoms. The van der Waals surface area contributed by atoms with E-state index in [1.165, 1.54) is 0 Å². The van der Waals surface area contributed by atoms with Crippen LogP contribution in [0.2, 0.25) is 0 Å². The zero-order valence-corrected chi connectivity index (χ0v) is 9.74. The molecule has 0 radical (unpaired) electrons. The summed E-state index contributed by atoms with van der Waals surface area (Å²) in [4.78, 5) is 0. The fourth-order valence-corrected chi connectivity index (χ4v) is 1.30. The Balaban J connectivity index is 3.02. The highest BCUT2D eigenvalue weighted by Crippen LogP contribution is 1.97. The van der Waals surface area contributed by atoms with Crippen LogP contribution < -0.4 is 5.32 Å². The van der Waals surface area contributed by atoms with Crippen molar-refractivity contribution in [2.45, 2.75) is 38.7 Å². The van der Waals surface area contributed by atoms with Gasteiger partial charge in [-0.15, -0.1) is 0 Å². The summed E-state index contributed by atoms with van der Waals surface area (Å²) in [5, 5.41) is 21.1. The SMILES string of the molecule is CCOCC(O)CNCCCCCCO. The molecule has 1 atom stereocenters. The molecule has 1 unspecified atom stereocenters. The molecule has 0 aromatic carbocycles. The van der Waals surface area contributed by atoms with Crippen molar-refractivity contribution < 1.29 is 14.9 Å². The molecular weight excluding hydrogens is 194 g/mol. The van der Waals surface area contributed by atoms with Crippen molar-refractivity contribution in [3.63, 3.8) is 0 Å². The van der Waals surface area contributed by atoms with E-state index in [-0.39, 0.29) is 0 Å². The van der Waals surface area contributed by atoms with Crippen LogP contribution in [0.25, 0.3) is 0 Å². The van der Waals surface area contributed by atoms with Crippen LogP contribution in [-0.2, 0) is 4.74 Å². The lowest BCUT2D eigenvalue weighted by atomic mass is 10.2. The monoisotopic (exact) mass is 219 g/mol. The van der Waals surface area contributed by atoms with E-state index in [0.29, 0.717) is 26.4 Å². The predicted molar refractivity (Wildman–Crippen MR) is 60.9 cm³/mol. The van der Waals surface area contributed by atoms with Gasteiger partial charge < -0.3 is 20.3 Å². The van der Waals surface area contributed by atoms with Gasteiger partial charge in [0.2, 0.25) is 0 Å². The first-order chi connectivity index (χ1) is 7.31. The molecule has 0 amide bonds. The Morgan fingerprint density at radius 2 is 1.93 bits per heavy atom. The maximum absolute atomic E-state index is 9.40. The van der Waals surface area contributed by atoms with E-state index in [4.69, 9.17) is 9.84 Å².